The summed E-state index contributed by atoms with van der Waals surface area (Å²) in [4.78, 5) is 10.0. The molecule has 0 saturated carbocycles. The molecule has 13 heavy (non-hydrogen) atoms. The van der Waals surface area contributed by atoms with Crippen LogP contribution in [0.1, 0.15) is 44.9 Å². The molecule has 0 bridgehead atoms. The van der Waals surface area contributed by atoms with Crippen molar-refractivity contribution in [3.05, 3.63) is 0 Å². The maximum Gasteiger partial charge on any atom is 1.00 e. The second-order valence-electron chi connectivity index (χ2n) is 3.03. The molecule has 0 atom stereocenters. The zero-order valence-electron chi connectivity index (χ0n) is 8.55. The van der Waals surface area contributed by atoms with Gasteiger partial charge in [-0.2, -0.15) is 0 Å². The molecule has 0 aromatic carbocycles. The van der Waals surface area contributed by atoms with Crippen LogP contribution < -0.4 is 40.4 Å². The zero-order valence-corrected chi connectivity index (χ0v) is 10.6. The van der Waals surface area contributed by atoms with E-state index in [0.29, 0.717) is 0 Å². The fourth-order valence-electron chi connectivity index (χ4n) is 1.12. The van der Waals surface area contributed by atoms with Gasteiger partial charge in [0.1, 0.15) is 0 Å². The summed E-state index contributed by atoms with van der Waals surface area (Å²) in [5.41, 5.74) is 5.32. The van der Waals surface area contributed by atoms with Crippen LogP contribution in [-0.2, 0) is 4.79 Å². The third kappa shape index (κ3) is 15.2. The number of aliphatic carboxylic acids is 1. The van der Waals surface area contributed by atoms with E-state index in [0.717, 1.165) is 32.2 Å². The van der Waals surface area contributed by atoms with Crippen molar-refractivity contribution in [2.24, 2.45) is 5.73 Å². The second kappa shape index (κ2) is 12.4. The summed E-state index contributed by atoms with van der Waals surface area (Å²) >= 11 is 0. The van der Waals surface area contributed by atoms with Gasteiger partial charge < -0.3 is 15.6 Å². The summed E-state index contributed by atoms with van der Waals surface area (Å²) in [6.45, 7) is 0.763. The van der Waals surface area contributed by atoms with Crippen LogP contribution >= 0.6 is 0 Å². The largest absolute Gasteiger partial charge is 1.00 e. The topological polar surface area (TPSA) is 66.2 Å². The monoisotopic (exact) mass is 195 g/mol. The number of rotatable bonds is 8. The SMILES string of the molecule is NCCCCCCCCC(=O)[O-].[Na+]. The zero-order chi connectivity index (χ0) is 9.23. The van der Waals surface area contributed by atoms with Crippen molar-refractivity contribution in [1.82, 2.24) is 0 Å². The van der Waals surface area contributed by atoms with Gasteiger partial charge in [-0.1, -0.05) is 25.7 Å². The number of carboxylic acids is 1. The Kier molecular flexibility index (Phi) is 15.2. The first kappa shape index (κ1) is 15.9. The average Bonchev–Trinajstić information content (AvgIpc) is 2.02. The molecule has 4 heteroatoms. The molecule has 0 aromatic heterocycles. The minimum atomic E-state index is -0.933. The summed E-state index contributed by atoms with van der Waals surface area (Å²) in [7, 11) is 0. The van der Waals surface area contributed by atoms with Crippen LogP contribution in [0.4, 0.5) is 0 Å². The van der Waals surface area contributed by atoms with Crippen molar-refractivity contribution in [2.75, 3.05) is 6.54 Å². The number of hydrogen-bond acceptors (Lipinski definition) is 3. The van der Waals surface area contributed by atoms with Crippen molar-refractivity contribution in [2.45, 2.75) is 44.9 Å². The summed E-state index contributed by atoms with van der Waals surface area (Å²) in [5, 5.41) is 10.0. The number of hydrogen-bond donors (Lipinski definition) is 1. The van der Waals surface area contributed by atoms with Gasteiger partial charge in [0.15, 0.2) is 0 Å². The number of carbonyl (C=O) groups is 1. The molecule has 0 aromatic rings. The number of carboxylic acid groups (broad SMARTS) is 1. The summed E-state index contributed by atoms with van der Waals surface area (Å²) in [6, 6.07) is 0. The molecule has 72 valence electrons. The molecule has 2 N–H and O–H groups in total. The molecule has 0 aliphatic carbocycles. The first-order valence-corrected chi connectivity index (χ1v) is 4.67. The van der Waals surface area contributed by atoms with E-state index >= 15 is 0 Å². The van der Waals surface area contributed by atoms with Crippen LogP contribution in [0.3, 0.4) is 0 Å². The van der Waals surface area contributed by atoms with Crippen molar-refractivity contribution < 1.29 is 39.5 Å². The number of unbranched alkanes of at least 4 members (excludes halogenated alkanes) is 5. The molecule has 0 amide bonds. The fraction of sp³-hybridized carbons (Fsp3) is 0.889. The van der Waals surface area contributed by atoms with Gasteiger partial charge in [-0.3, -0.25) is 0 Å². The maximum absolute atomic E-state index is 10.0. The van der Waals surface area contributed by atoms with E-state index in [9.17, 15) is 9.90 Å². The molecular weight excluding hydrogens is 177 g/mol. The third-order valence-electron chi connectivity index (χ3n) is 1.84. The van der Waals surface area contributed by atoms with Gasteiger partial charge in [0.25, 0.3) is 0 Å². The van der Waals surface area contributed by atoms with E-state index in [4.69, 9.17) is 5.73 Å². The Balaban J connectivity index is 0. The van der Waals surface area contributed by atoms with E-state index in [1.807, 2.05) is 0 Å². The molecular formula is C9H18NNaO2. The summed E-state index contributed by atoms with van der Waals surface area (Å²) in [5.74, 6) is -0.933. The normalized spacial score (nSPS) is 9.31. The molecule has 0 aliphatic heterocycles. The van der Waals surface area contributed by atoms with Gasteiger partial charge in [0, 0.05) is 5.97 Å². The van der Waals surface area contributed by atoms with Crippen LogP contribution in [0.5, 0.6) is 0 Å². The first-order chi connectivity index (χ1) is 5.77. The smallest absolute Gasteiger partial charge is 0.550 e. The van der Waals surface area contributed by atoms with E-state index < -0.39 is 5.97 Å². The summed E-state index contributed by atoms with van der Waals surface area (Å²) < 4.78 is 0. The minimum absolute atomic E-state index is 0. The van der Waals surface area contributed by atoms with Crippen LogP contribution in [0, 0.1) is 0 Å². The predicted molar refractivity (Wildman–Crippen MR) is 46.4 cm³/mol. The van der Waals surface area contributed by atoms with Gasteiger partial charge in [-0.15, -0.1) is 0 Å². The Morgan fingerprint density at radius 2 is 1.46 bits per heavy atom. The predicted octanol–water partition coefficient (Wildman–Crippen LogP) is -2.57. The molecule has 0 rings (SSSR count). The Bertz CT molecular complexity index is 120. The van der Waals surface area contributed by atoms with Gasteiger partial charge >= 0.3 is 29.6 Å². The maximum atomic E-state index is 10.0. The van der Waals surface area contributed by atoms with Crippen LogP contribution in [0.2, 0.25) is 0 Å². The molecule has 0 heterocycles. The summed E-state index contributed by atoms with van der Waals surface area (Å²) in [6.07, 6.45) is 6.50. The third-order valence-corrected chi connectivity index (χ3v) is 1.84. The fourth-order valence-corrected chi connectivity index (χ4v) is 1.12. The van der Waals surface area contributed by atoms with Gasteiger partial charge in [0.05, 0.1) is 0 Å². The first-order valence-electron chi connectivity index (χ1n) is 4.67. The number of carbonyl (C=O) groups excluding carboxylic acids is 1. The van der Waals surface area contributed by atoms with Crippen LogP contribution in [-0.4, -0.2) is 12.5 Å². The molecule has 0 spiro atoms. The van der Waals surface area contributed by atoms with Crippen molar-refractivity contribution >= 4 is 5.97 Å². The van der Waals surface area contributed by atoms with E-state index in [1.165, 1.54) is 12.8 Å². The van der Waals surface area contributed by atoms with Gasteiger partial charge in [-0.25, -0.2) is 0 Å². The van der Waals surface area contributed by atoms with Gasteiger partial charge in [0.2, 0.25) is 0 Å². The Morgan fingerprint density at radius 1 is 1.00 bits per heavy atom. The molecule has 0 unspecified atom stereocenters. The molecule has 3 nitrogen and oxygen atoms in total. The second-order valence-corrected chi connectivity index (χ2v) is 3.03. The van der Waals surface area contributed by atoms with Crippen molar-refractivity contribution in [1.29, 1.82) is 0 Å². The minimum Gasteiger partial charge on any atom is -0.550 e. The Hall–Kier alpha value is 0.430. The van der Waals surface area contributed by atoms with Crippen molar-refractivity contribution in [3.8, 4) is 0 Å². The van der Waals surface area contributed by atoms with Crippen LogP contribution in [0.15, 0.2) is 0 Å². The van der Waals surface area contributed by atoms with E-state index in [1.54, 1.807) is 0 Å². The Labute approximate surface area is 102 Å². The van der Waals surface area contributed by atoms with E-state index in [2.05, 4.69) is 0 Å². The molecule has 0 aliphatic rings. The quantitative estimate of drug-likeness (QED) is 0.342. The molecule has 0 fully saturated rings. The van der Waals surface area contributed by atoms with E-state index in [-0.39, 0.29) is 36.0 Å². The standard InChI is InChI=1S/C9H19NO2.Na/c10-8-6-4-2-1-3-5-7-9(11)12;/h1-8,10H2,(H,11,12);/q;+1/p-1. The molecule has 0 radical (unpaired) electrons. The average molecular weight is 195 g/mol. The van der Waals surface area contributed by atoms with Crippen molar-refractivity contribution in [3.63, 3.8) is 0 Å². The number of nitrogens with two attached hydrogens (primary N) is 1. The van der Waals surface area contributed by atoms with Gasteiger partial charge in [-0.05, 0) is 25.8 Å². The molecule has 0 saturated heterocycles. The van der Waals surface area contributed by atoms with Crippen LogP contribution in [0.25, 0.3) is 0 Å². The Morgan fingerprint density at radius 3 is 1.92 bits per heavy atom.